The van der Waals surface area contributed by atoms with Gasteiger partial charge in [-0.1, -0.05) is 65.8 Å². The SMILES string of the molecule is CN=CC=C(N)c1cc(F)c(CN(C[C@H](O)[C@H](Cc2ccc(-c3ccc(N4CC5CCC(C4)N5C4COC4)nc3)cc2)NC(=O)C(NC(=O)OC)C(C)(C)C)NC(=O)[C@@H](NC(=O)OC)C(C)(C)C)c(F)c1. The number of aromatic nitrogens is 1. The number of nitrogens with zero attached hydrogens (tertiary/aromatic N) is 5. The number of alkyl carbamates (subject to hydrolysis) is 2. The Morgan fingerprint density at radius 2 is 1.44 bits per heavy atom. The first-order valence-corrected chi connectivity index (χ1v) is 23.8. The molecule has 2 aromatic carbocycles. The van der Waals surface area contributed by atoms with Crippen molar-refractivity contribution >= 4 is 41.7 Å². The number of halogens is 2. The van der Waals surface area contributed by atoms with Gasteiger partial charge in [-0.25, -0.2) is 28.4 Å². The quantitative estimate of drug-likeness (QED) is 0.0762. The van der Waals surface area contributed by atoms with Gasteiger partial charge in [-0.05, 0) is 71.6 Å². The van der Waals surface area contributed by atoms with E-state index in [1.54, 1.807) is 41.5 Å². The number of hydrogen-bond acceptors (Lipinski definition) is 14. The number of anilines is 1. The summed E-state index contributed by atoms with van der Waals surface area (Å²) in [6.45, 7) is 12.6. The second-order valence-electron chi connectivity index (χ2n) is 20.6. The number of rotatable bonds is 18. The van der Waals surface area contributed by atoms with Crippen molar-refractivity contribution in [1.29, 1.82) is 0 Å². The molecule has 20 heteroatoms. The van der Waals surface area contributed by atoms with E-state index in [1.165, 1.54) is 39.3 Å². The van der Waals surface area contributed by atoms with Crippen molar-refractivity contribution in [1.82, 2.24) is 36.3 Å². The molecule has 4 amide bonds. The molecular formula is C51H70F2N10O8. The largest absolute Gasteiger partial charge is 0.453 e. The van der Waals surface area contributed by atoms with E-state index in [0.29, 0.717) is 23.7 Å². The lowest BCUT2D eigenvalue weighted by Crippen LogP contribution is -2.62. The summed E-state index contributed by atoms with van der Waals surface area (Å²) in [5.74, 6) is -2.52. The van der Waals surface area contributed by atoms with Gasteiger partial charge in [0.2, 0.25) is 5.91 Å². The van der Waals surface area contributed by atoms with Crippen LogP contribution < -0.4 is 32.0 Å². The van der Waals surface area contributed by atoms with Crippen molar-refractivity contribution in [3.8, 4) is 11.1 Å². The van der Waals surface area contributed by atoms with E-state index in [1.807, 2.05) is 42.6 Å². The van der Waals surface area contributed by atoms with Crippen LogP contribution in [0.15, 0.2) is 65.8 Å². The summed E-state index contributed by atoms with van der Waals surface area (Å²) in [6, 6.07) is 11.7. The zero-order valence-corrected chi connectivity index (χ0v) is 42.1. The van der Waals surface area contributed by atoms with Crippen molar-refractivity contribution in [3.63, 3.8) is 0 Å². The average Bonchev–Trinajstić information content (AvgIpc) is 3.53. The highest BCUT2D eigenvalue weighted by atomic mass is 19.1. The predicted octanol–water partition coefficient (Wildman–Crippen LogP) is 4.54. The molecule has 1 aromatic heterocycles. The van der Waals surface area contributed by atoms with Crippen LogP contribution in [0.3, 0.4) is 0 Å². The van der Waals surface area contributed by atoms with Crippen molar-refractivity contribution < 1.29 is 47.3 Å². The fraction of sp³-hybridized carbons (Fsp3) is 0.529. The monoisotopic (exact) mass is 989 g/mol. The van der Waals surface area contributed by atoms with Crippen LogP contribution in [0.2, 0.25) is 0 Å². The highest BCUT2D eigenvalue weighted by Gasteiger charge is 2.45. The van der Waals surface area contributed by atoms with E-state index in [0.717, 1.165) is 67.5 Å². The number of pyridine rings is 1. The van der Waals surface area contributed by atoms with Crippen LogP contribution >= 0.6 is 0 Å². The molecule has 71 heavy (non-hydrogen) atoms. The van der Waals surface area contributed by atoms with Gasteiger partial charge in [-0.2, -0.15) is 0 Å². The molecule has 0 spiro atoms. The number of carbonyl (C=O) groups is 4. The Morgan fingerprint density at radius 1 is 0.873 bits per heavy atom. The van der Waals surface area contributed by atoms with E-state index in [4.69, 9.17) is 24.9 Å². The molecule has 6 rings (SSSR count). The number of benzene rings is 2. The Kier molecular flexibility index (Phi) is 17.8. The predicted molar refractivity (Wildman–Crippen MR) is 266 cm³/mol. The first-order valence-electron chi connectivity index (χ1n) is 23.8. The number of methoxy groups -OCH3 is 2. The Bertz CT molecular complexity index is 2370. The minimum atomic E-state index is -1.55. The number of hydrogen-bond donors (Lipinski definition) is 6. The molecule has 0 radical (unpaired) electrons. The lowest BCUT2D eigenvalue weighted by atomic mass is 9.85. The lowest BCUT2D eigenvalue weighted by molar-refractivity contribution is -0.132. The zero-order valence-electron chi connectivity index (χ0n) is 42.1. The summed E-state index contributed by atoms with van der Waals surface area (Å²) in [4.78, 5) is 66.8. The number of aliphatic imine (C=N–C) groups is 1. The number of amides is 4. The van der Waals surface area contributed by atoms with Crippen molar-refractivity contribution in [2.45, 2.75) is 110 Å². The molecular weight excluding hydrogens is 919 g/mol. The number of piperazine rings is 1. The van der Waals surface area contributed by atoms with Gasteiger partial charge in [0.1, 0.15) is 29.5 Å². The van der Waals surface area contributed by atoms with Gasteiger partial charge in [0.05, 0.1) is 45.6 Å². The zero-order chi connectivity index (χ0) is 51.8. The van der Waals surface area contributed by atoms with Gasteiger partial charge < -0.3 is 45.9 Å². The van der Waals surface area contributed by atoms with Gasteiger partial charge >= 0.3 is 12.2 Å². The molecule has 7 N–H and O–H groups in total. The van der Waals surface area contributed by atoms with E-state index in [9.17, 15) is 24.3 Å². The number of hydrazine groups is 1. The smallest absolute Gasteiger partial charge is 0.407 e. The lowest BCUT2D eigenvalue weighted by Gasteiger charge is -2.48. The third kappa shape index (κ3) is 13.8. The average molecular weight is 989 g/mol. The summed E-state index contributed by atoms with van der Waals surface area (Å²) in [5, 5.41) is 21.3. The maximum Gasteiger partial charge on any atom is 0.407 e. The normalized spacial score (nSPS) is 19.4. The van der Waals surface area contributed by atoms with Gasteiger partial charge in [-0.3, -0.25) is 24.9 Å². The van der Waals surface area contributed by atoms with Crippen molar-refractivity contribution in [2.75, 3.05) is 59.0 Å². The maximum absolute atomic E-state index is 15.9. The van der Waals surface area contributed by atoms with Gasteiger partial charge in [-0.15, -0.1) is 0 Å². The van der Waals surface area contributed by atoms with Crippen LogP contribution in [0.25, 0.3) is 16.8 Å². The van der Waals surface area contributed by atoms with Crippen LogP contribution in [0.4, 0.5) is 24.2 Å². The number of nitrogens with one attached hydrogen (secondary N) is 4. The molecule has 18 nitrogen and oxygen atoms in total. The van der Waals surface area contributed by atoms with Crippen LogP contribution in [0.5, 0.6) is 0 Å². The molecule has 0 aliphatic carbocycles. The highest BCUT2D eigenvalue weighted by Crippen LogP contribution is 2.36. The van der Waals surface area contributed by atoms with E-state index in [2.05, 4.69) is 36.2 Å². The number of aliphatic hydroxyl groups is 1. The number of nitrogens with two attached hydrogens (primary N) is 1. The minimum absolute atomic E-state index is 0.0289. The fourth-order valence-corrected chi connectivity index (χ4v) is 9.28. The Morgan fingerprint density at radius 3 is 1.93 bits per heavy atom. The number of carbonyl (C=O) groups excluding carboxylic acids is 4. The van der Waals surface area contributed by atoms with E-state index in [-0.39, 0.29) is 17.7 Å². The maximum atomic E-state index is 15.9. The van der Waals surface area contributed by atoms with Crippen LogP contribution in [-0.2, 0) is 36.8 Å². The third-order valence-corrected chi connectivity index (χ3v) is 13.2. The molecule has 3 aliphatic heterocycles. The second kappa shape index (κ2) is 23.3. The third-order valence-electron chi connectivity index (χ3n) is 13.2. The summed E-state index contributed by atoms with van der Waals surface area (Å²) in [7, 11) is 3.83. The molecule has 4 heterocycles. The topological polar surface area (TPSA) is 225 Å². The minimum Gasteiger partial charge on any atom is -0.453 e. The van der Waals surface area contributed by atoms with Gasteiger partial charge in [0.25, 0.3) is 5.91 Å². The standard InChI is InChI=1S/C51H70F2N10O8/c1-50(2,3)44(58-48(67)69-8)46(65)57-41(20-30-10-12-31(13-11-30)32-14-17-43(56-23-32)61-24-34-15-16-35(25-61)63(34)36-28-71-29-36)42(64)27-62(60-47(66)45(51(4,5)6)59-49(68)70-9)26-37-38(52)21-33(22-39(37)53)40(54)18-19-55-7/h10-14,17-19,21-23,34-36,41-42,44-45,64H,15-16,20,24-29,54H2,1-9H3,(H,57,65)(H,58,67)(H,59,68)(H,60,66)/t34?,35?,41-,42-,44?,45+/m0/s1. The highest BCUT2D eigenvalue weighted by molar-refractivity contribution is 5.87. The first-order chi connectivity index (χ1) is 33.6. The van der Waals surface area contributed by atoms with E-state index >= 15 is 8.78 Å². The Balaban J connectivity index is 1.27. The number of aliphatic hydroxyl groups excluding tert-OH is 1. The Labute approximate surface area is 414 Å². The molecule has 3 aliphatic rings. The summed E-state index contributed by atoms with van der Waals surface area (Å²) in [6.07, 6.45) is 3.69. The molecule has 2 bridgehead atoms. The van der Waals surface area contributed by atoms with Crippen molar-refractivity contribution in [2.24, 2.45) is 21.6 Å². The molecule has 3 saturated heterocycles. The summed E-state index contributed by atoms with van der Waals surface area (Å²) in [5.41, 5.74) is 9.05. The molecule has 3 fully saturated rings. The fourth-order valence-electron chi connectivity index (χ4n) is 9.28. The van der Waals surface area contributed by atoms with Gasteiger partial charge in [0, 0.05) is 80.1 Å². The van der Waals surface area contributed by atoms with Crippen LogP contribution in [-0.4, -0.2) is 147 Å². The van der Waals surface area contributed by atoms with Crippen molar-refractivity contribution in [3.05, 3.63) is 89.1 Å². The summed E-state index contributed by atoms with van der Waals surface area (Å²) < 4.78 is 47.0. The molecule has 6 atom stereocenters. The number of fused-ring (bicyclic) bond motifs is 2. The van der Waals surface area contributed by atoms with Crippen LogP contribution in [0.1, 0.15) is 71.1 Å². The number of ether oxygens (including phenoxy) is 3. The summed E-state index contributed by atoms with van der Waals surface area (Å²) >= 11 is 0. The number of allylic oxidation sites excluding steroid dienone is 1. The second-order valence-corrected chi connectivity index (χ2v) is 20.6. The molecule has 3 unspecified atom stereocenters. The molecule has 386 valence electrons. The molecule has 3 aromatic rings. The first kappa shape index (κ1) is 54.1. The molecule has 0 saturated carbocycles. The van der Waals surface area contributed by atoms with E-state index < -0.39 is 89.3 Å². The Hall–Kier alpha value is -6.22. The van der Waals surface area contributed by atoms with Gasteiger partial charge in [0.15, 0.2) is 0 Å². The van der Waals surface area contributed by atoms with Crippen LogP contribution in [0, 0.1) is 22.5 Å².